The molecule has 1 N–H and O–H groups in total. The van der Waals surface area contributed by atoms with Crippen molar-refractivity contribution in [3.05, 3.63) is 0 Å². The number of amides is 1. The van der Waals surface area contributed by atoms with Gasteiger partial charge in [-0.3, -0.25) is 4.79 Å². The largest absolute Gasteiger partial charge is 0.338 e. The second kappa shape index (κ2) is 6.23. The van der Waals surface area contributed by atoms with Crippen molar-refractivity contribution in [2.75, 3.05) is 31.1 Å². The molecule has 88 valence electrons. The Morgan fingerprint density at radius 1 is 1.40 bits per heavy atom. The van der Waals surface area contributed by atoms with Gasteiger partial charge in [-0.1, -0.05) is 0 Å². The normalized spacial score (nSPS) is 27.5. The summed E-state index contributed by atoms with van der Waals surface area (Å²) in [7, 11) is 0. The molecule has 0 aromatic rings. The van der Waals surface area contributed by atoms with Crippen molar-refractivity contribution in [1.82, 2.24) is 10.2 Å². The van der Waals surface area contributed by atoms with Gasteiger partial charge < -0.3 is 10.2 Å². The van der Waals surface area contributed by atoms with E-state index in [-0.39, 0.29) is 17.0 Å². The first-order valence-corrected chi connectivity index (χ1v) is 7.12. The van der Waals surface area contributed by atoms with Gasteiger partial charge in [0.05, 0.1) is 0 Å². The number of hydrogen-bond donors (Lipinski definition) is 1. The maximum absolute atomic E-state index is 12.0. The van der Waals surface area contributed by atoms with Crippen molar-refractivity contribution in [1.29, 1.82) is 0 Å². The summed E-state index contributed by atoms with van der Waals surface area (Å²) in [5.41, 5.74) is 0. The second-order valence-electron chi connectivity index (χ2n) is 3.71. The van der Waals surface area contributed by atoms with Gasteiger partial charge in [0, 0.05) is 37.2 Å². The number of rotatable bonds is 1. The molecule has 1 atom stereocenters. The zero-order valence-electron chi connectivity index (χ0n) is 8.77. The molecular weight excluding hydrogens is 252 g/mol. The molecule has 2 aliphatic rings. The van der Waals surface area contributed by atoms with E-state index < -0.39 is 0 Å². The van der Waals surface area contributed by atoms with Crippen LogP contribution in [0.2, 0.25) is 0 Å². The lowest BCUT2D eigenvalue weighted by atomic mass is 10.2. The van der Waals surface area contributed by atoms with Gasteiger partial charge in [-0.25, -0.2) is 0 Å². The van der Waals surface area contributed by atoms with Gasteiger partial charge in [-0.2, -0.15) is 0 Å². The van der Waals surface area contributed by atoms with E-state index >= 15 is 0 Å². The molecule has 0 aromatic heterocycles. The Kier molecular flexibility index (Phi) is 5.60. The highest BCUT2D eigenvalue weighted by Crippen LogP contribution is 2.33. The number of thioether (sulfide) groups is 2. The molecule has 0 unspecified atom stereocenters. The van der Waals surface area contributed by atoms with Crippen molar-refractivity contribution in [3.63, 3.8) is 0 Å². The van der Waals surface area contributed by atoms with Gasteiger partial charge in [-0.05, 0) is 6.92 Å². The molecule has 0 aromatic carbocycles. The summed E-state index contributed by atoms with van der Waals surface area (Å²) in [6.07, 6.45) is 0. The molecule has 0 bridgehead atoms. The summed E-state index contributed by atoms with van der Waals surface area (Å²) in [6.45, 7) is 4.82. The molecule has 0 saturated carbocycles. The zero-order chi connectivity index (χ0) is 9.97. The minimum absolute atomic E-state index is 0. The van der Waals surface area contributed by atoms with Crippen molar-refractivity contribution in [2.24, 2.45) is 0 Å². The first-order valence-electron chi connectivity index (χ1n) is 5.03. The highest BCUT2D eigenvalue weighted by molar-refractivity contribution is 8.21. The van der Waals surface area contributed by atoms with Crippen LogP contribution in [0.25, 0.3) is 0 Å². The Hall–Kier alpha value is 0.420. The molecule has 2 aliphatic heterocycles. The quantitative estimate of drug-likeness (QED) is 0.770. The van der Waals surface area contributed by atoms with Crippen LogP contribution in [0.1, 0.15) is 6.92 Å². The maximum Gasteiger partial charge on any atom is 0.245 e. The van der Waals surface area contributed by atoms with Crippen molar-refractivity contribution < 1.29 is 4.79 Å². The van der Waals surface area contributed by atoms with Crippen LogP contribution in [0.4, 0.5) is 0 Å². The highest BCUT2D eigenvalue weighted by Gasteiger charge is 2.30. The molecule has 2 fully saturated rings. The van der Waals surface area contributed by atoms with E-state index in [9.17, 15) is 4.79 Å². The maximum atomic E-state index is 12.0. The van der Waals surface area contributed by atoms with Gasteiger partial charge in [0.1, 0.15) is 4.58 Å². The van der Waals surface area contributed by atoms with E-state index in [1.54, 1.807) is 23.5 Å². The lowest BCUT2D eigenvalue weighted by Gasteiger charge is -2.33. The Labute approximate surface area is 106 Å². The molecule has 2 rings (SSSR count). The molecule has 2 heterocycles. The van der Waals surface area contributed by atoms with E-state index in [0.717, 1.165) is 31.1 Å². The average Bonchev–Trinajstić information content (AvgIpc) is 2.69. The molecule has 1 amide bonds. The minimum atomic E-state index is 0. The van der Waals surface area contributed by atoms with Crippen LogP contribution < -0.4 is 5.32 Å². The van der Waals surface area contributed by atoms with E-state index in [2.05, 4.69) is 12.2 Å². The lowest BCUT2D eigenvalue weighted by molar-refractivity contribution is -0.130. The number of halogens is 1. The van der Waals surface area contributed by atoms with Gasteiger partial charge in [0.2, 0.25) is 5.91 Å². The third-order valence-corrected chi connectivity index (χ3v) is 5.47. The molecule has 0 radical (unpaired) electrons. The topological polar surface area (TPSA) is 32.3 Å². The van der Waals surface area contributed by atoms with Crippen LogP contribution in [-0.4, -0.2) is 52.6 Å². The van der Waals surface area contributed by atoms with Crippen LogP contribution in [0, 0.1) is 0 Å². The molecule has 2 saturated heterocycles. The summed E-state index contributed by atoms with van der Waals surface area (Å²) in [6, 6.07) is 0.448. The van der Waals surface area contributed by atoms with Gasteiger partial charge in [0.25, 0.3) is 0 Å². The summed E-state index contributed by atoms with van der Waals surface area (Å²) < 4.78 is 0.181. The average molecular weight is 269 g/mol. The Morgan fingerprint density at radius 2 is 2.07 bits per heavy atom. The first kappa shape index (κ1) is 13.5. The van der Waals surface area contributed by atoms with Crippen LogP contribution in [0.15, 0.2) is 0 Å². The monoisotopic (exact) mass is 268 g/mol. The fraction of sp³-hybridized carbons (Fsp3) is 0.889. The number of hydrogen-bond acceptors (Lipinski definition) is 4. The summed E-state index contributed by atoms with van der Waals surface area (Å²) in [4.78, 5) is 14.0. The van der Waals surface area contributed by atoms with Gasteiger partial charge >= 0.3 is 0 Å². The second-order valence-corrected chi connectivity index (χ2v) is 6.44. The SMILES string of the molecule is C[C@@H]1CN(C(=O)C2SCCS2)CCN1.Cl. The predicted molar refractivity (Wildman–Crippen MR) is 70.0 cm³/mol. The van der Waals surface area contributed by atoms with Crippen LogP contribution in [0.3, 0.4) is 0 Å². The Balaban J connectivity index is 0.00000112. The number of carbonyl (C=O) groups is 1. The van der Waals surface area contributed by atoms with E-state index in [1.807, 2.05) is 4.90 Å². The summed E-state index contributed by atoms with van der Waals surface area (Å²) >= 11 is 3.59. The number of nitrogens with zero attached hydrogens (tertiary/aromatic N) is 1. The molecule has 6 heteroatoms. The van der Waals surface area contributed by atoms with E-state index in [0.29, 0.717) is 11.9 Å². The number of piperazine rings is 1. The lowest BCUT2D eigenvalue weighted by Crippen LogP contribution is -2.52. The van der Waals surface area contributed by atoms with E-state index in [4.69, 9.17) is 0 Å². The molecular formula is C9H17ClN2OS2. The first-order chi connectivity index (χ1) is 6.77. The van der Waals surface area contributed by atoms with Crippen LogP contribution >= 0.6 is 35.9 Å². The fourth-order valence-corrected chi connectivity index (χ4v) is 4.53. The van der Waals surface area contributed by atoms with Crippen molar-refractivity contribution >= 4 is 41.8 Å². The third kappa shape index (κ3) is 3.44. The number of nitrogens with one attached hydrogen (secondary N) is 1. The zero-order valence-corrected chi connectivity index (χ0v) is 11.2. The van der Waals surface area contributed by atoms with Crippen molar-refractivity contribution in [2.45, 2.75) is 17.5 Å². The number of carbonyl (C=O) groups excluding carboxylic acids is 1. The summed E-state index contributed by atoms with van der Waals surface area (Å²) in [5.74, 6) is 2.59. The Bertz CT molecular complexity index is 224. The molecule has 0 aliphatic carbocycles. The predicted octanol–water partition coefficient (Wildman–Crippen LogP) is 1.03. The molecule has 0 spiro atoms. The van der Waals surface area contributed by atoms with E-state index in [1.165, 1.54) is 0 Å². The minimum Gasteiger partial charge on any atom is -0.338 e. The molecule has 3 nitrogen and oxygen atoms in total. The van der Waals surface area contributed by atoms with Crippen molar-refractivity contribution in [3.8, 4) is 0 Å². The summed E-state index contributed by atoms with van der Waals surface area (Å²) in [5, 5.41) is 3.35. The smallest absolute Gasteiger partial charge is 0.245 e. The standard InChI is InChI=1S/C9H16N2OS2.ClH/c1-7-6-11(3-2-10-7)8(12)9-13-4-5-14-9;/h7,9-10H,2-6H2,1H3;1H/t7-;/m1./s1. The van der Waals surface area contributed by atoms with Gasteiger partial charge in [0.15, 0.2) is 0 Å². The Morgan fingerprint density at radius 3 is 2.67 bits per heavy atom. The van der Waals surface area contributed by atoms with Crippen LogP contribution in [0.5, 0.6) is 0 Å². The van der Waals surface area contributed by atoms with Crippen LogP contribution in [-0.2, 0) is 4.79 Å². The third-order valence-electron chi connectivity index (χ3n) is 2.50. The van der Waals surface area contributed by atoms with Gasteiger partial charge in [-0.15, -0.1) is 35.9 Å². The molecule has 15 heavy (non-hydrogen) atoms. The fourth-order valence-electron chi connectivity index (χ4n) is 1.78. The highest BCUT2D eigenvalue weighted by atomic mass is 35.5.